The molecular weight excluding hydrogens is 330 g/mol. The summed E-state index contributed by atoms with van der Waals surface area (Å²) in [5.41, 5.74) is 6.74. The molecular formula is C17H26ClN3O3. The maximum absolute atomic E-state index is 12.5. The number of hydrogen-bond donors (Lipinski definition) is 2. The summed E-state index contributed by atoms with van der Waals surface area (Å²) in [6.45, 7) is 7.19. The summed E-state index contributed by atoms with van der Waals surface area (Å²) < 4.78 is 5.65. The van der Waals surface area contributed by atoms with Gasteiger partial charge in [-0.25, -0.2) is 0 Å². The van der Waals surface area contributed by atoms with Crippen LogP contribution in [-0.4, -0.2) is 48.6 Å². The maximum Gasteiger partial charge on any atom is 0.254 e. The van der Waals surface area contributed by atoms with Gasteiger partial charge in [-0.05, 0) is 38.1 Å². The summed E-state index contributed by atoms with van der Waals surface area (Å²) >= 11 is 0. The predicted octanol–water partition coefficient (Wildman–Crippen LogP) is 1.89. The lowest BCUT2D eigenvalue weighted by molar-refractivity contribution is -0.119. The van der Waals surface area contributed by atoms with Gasteiger partial charge in [-0.15, -0.1) is 12.4 Å². The van der Waals surface area contributed by atoms with Gasteiger partial charge < -0.3 is 20.7 Å². The molecule has 1 aromatic rings. The van der Waals surface area contributed by atoms with Crippen LogP contribution < -0.4 is 11.1 Å². The molecule has 6 nitrogen and oxygen atoms in total. The Hall–Kier alpha value is -1.63. The van der Waals surface area contributed by atoms with Gasteiger partial charge in [-0.1, -0.05) is 6.92 Å². The van der Waals surface area contributed by atoms with E-state index in [0.29, 0.717) is 30.9 Å². The van der Waals surface area contributed by atoms with Crippen molar-refractivity contribution in [1.82, 2.24) is 4.90 Å². The Labute approximate surface area is 149 Å². The van der Waals surface area contributed by atoms with Crippen LogP contribution in [-0.2, 0) is 9.53 Å². The summed E-state index contributed by atoms with van der Waals surface area (Å²) in [4.78, 5) is 26.2. The molecule has 3 atom stereocenters. The molecule has 1 heterocycles. The van der Waals surface area contributed by atoms with E-state index in [9.17, 15) is 9.59 Å². The molecule has 0 radical (unpaired) electrons. The Bertz CT molecular complexity index is 555. The van der Waals surface area contributed by atoms with E-state index in [4.69, 9.17) is 10.5 Å². The smallest absolute Gasteiger partial charge is 0.254 e. The summed E-state index contributed by atoms with van der Waals surface area (Å²) in [7, 11) is 0. The third kappa shape index (κ3) is 5.19. The molecule has 1 aliphatic heterocycles. The molecule has 0 aliphatic carbocycles. The van der Waals surface area contributed by atoms with Crippen LogP contribution in [0.5, 0.6) is 0 Å². The fraction of sp³-hybridized carbons (Fsp3) is 0.529. The van der Waals surface area contributed by atoms with E-state index < -0.39 is 0 Å². The summed E-state index contributed by atoms with van der Waals surface area (Å²) in [6.07, 6.45) is 0.0815. The van der Waals surface area contributed by atoms with E-state index in [2.05, 4.69) is 5.32 Å². The van der Waals surface area contributed by atoms with Crippen molar-refractivity contribution in [3.05, 3.63) is 29.8 Å². The number of carbonyl (C=O) groups is 2. The summed E-state index contributed by atoms with van der Waals surface area (Å²) in [5, 5.41) is 2.79. The highest BCUT2D eigenvalue weighted by atomic mass is 35.5. The number of halogens is 1. The number of hydrogen-bond acceptors (Lipinski definition) is 4. The van der Waals surface area contributed by atoms with Crippen molar-refractivity contribution in [3.63, 3.8) is 0 Å². The van der Waals surface area contributed by atoms with E-state index >= 15 is 0 Å². The van der Waals surface area contributed by atoms with Crippen molar-refractivity contribution in [2.75, 3.05) is 25.0 Å². The first-order valence-electron chi connectivity index (χ1n) is 7.96. The van der Waals surface area contributed by atoms with Crippen LogP contribution in [0, 0.1) is 5.92 Å². The molecule has 1 fully saturated rings. The van der Waals surface area contributed by atoms with Crippen LogP contribution in [0.3, 0.4) is 0 Å². The zero-order chi connectivity index (χ0) is 17.0. The second-order valence-electron chi connectivity index (χ2n) is 6.17. The molecule has 1 saturated heterocycles. The molecule has 2 amide bonds. The minimum Gasteiger partial charge on any atom is -0.372 e. The Morgan fingerprint density at radius 3 is 2.29 bits per heavy atom. The Morgan fingerprint density at radius 1 is 1.25 bits per heavy atom. The Morgan fingerprint density at radius 2 is 1.79 bits per heavy atom. The van der Waals surface area contributed by atoms with Crippen molar-refractivity contribution in [2.45, 2.75) is 33.0 Å². The summed E-state index contributed by atoms with van der Waals surface area (Å²) in [6, 6.07) is 6.94. The second kappa shape index (κ2) is 9.01. The molecule has 0 spiro atoms. The van der Waals surface area contributed by atoms with Gasteiger partial charge in [0.05, 0.1) is 12.2 Å². The van der Waals surface area contributed by atoms with E-state index in [1.165, 1.54) is 0 Å². The molecule has 0 aromatic heterocycles. The van der Waals surface area contributed by atoms with Gasteiger partial charge in [-0.2, -0.15) is 0 Å². The molecule has 0 saturated carbocycles. The summed E-state index contributed by atoms with van der Waals surface area (Å²) in [5.74, 6) is -0.379. The number of ether oxygens (including phenoxy) is 1. The molecule has 1 aliphatic rings. The van der Waals surface area contributed by atoms with E-state index in [-0.39, 0.29) is 42.3 Å². The predicted molar refractivity (Wildman–Crippen MR) is 96.5 cm³/mol. The van der Waals surface area contributed by atoms with E-state index in [1.807, 2.05) is 18.7 Å². The number of carbonyl (C=O) groups excluding carboxylic acids is 2. The first-order valence-corrected chi connectivity index (χ1v) is 7.96. The number of anilines is 1. The topological polar surface area (TPSA) is 84.7 Å². The molecule has 0 bridgehead atoms. The highest BCUT2D eigenvalue weighted by molar-refractivity contribution is 5.96. The van der Waals surface area contributed by atoms with Crippen LogP contribution in [0.15, 0.2) is 24.3 Å². The normalized spacial score (nSPS) is 21.6. The van der Waals surface area contributed by atoms with Gasteiger partial charge in [0.25, 0.3) is 5.91 Å². The van der Waals surface area contributed by atoms with Crippen LogP contribution in [0.4, 0.5) is 5.69 Å². The molecule has 3 unspecified atom stereocenters. The fourth-order valence-corrected chi connectivity index (χ4v) is 2.59. The number of nitrogens with zero attached hydrogens (tertiary/aromatic N) is 1. The minimum atomic E-state index is -0.243. The highest BCUT2D eigenvalue weighted by Crippen LogP contribution is 2.16. The van der Waals surface area contributed by atoms with Crippen LogP contribution in [0.2, 0.25) is 0 Å². The lowest BCUT2D eigenvalue weighted by Crippen LogP contribution is -2.48. The first-order chi connectivity index (χ1) is 10.9. The van der Waals surface area contributed by atoms with Crippen LogP contribution in [0.25, 0.3) is 0 Å². The lowest BCUT2D eigenvalue weighted by Gasteiger charge is -2.35. The third-order valence-electron chi connectivity index (χ3n) is 3.91. The standard InChI is InChI=1S/C17H25N3O3.ClH/c1-11(8-18)16(21)19-15-6-4-14(5-7-15)17(22)20-9-12(2)23-13(3)10-20;/h4-7,11-13H,8-10,18H2,1-3H3,(H,19,21);1H. The molecule has 7 heteroatoms. The first kappa shape index (κ1) is 20.4. The zero-order valence-electron chi connectivity index (χ0n) is 14.3. The Balaban J connectivity index is 0.00000288. The molecule has 134 valence electrons. The van der Waals surface area contributed by atoms with Gasteiger partial charge in [0.1, 0.15) is 0 Å². The van der Waals surface area contributed by atoms with E-state index in [1.54, 1.807) is 31.2 Å². The number of morpholine rings is 1. The van der Waals surface area contributed by atoms with Gasteiger partial charge in [0.15, 0.2) is 0 Å². The van der Waals surface area contributed by atoms with Crippen LogP contribution in [0.1, 0.15) is 31.1 Å². The van der Waals surface area contributed by atoms with E-state index in [0.717, 1.165) is 0 Å². The molecule has 24 heavy (non-hydrogen) atoms. The van der Waals surface area contributed by atoms with Gasteiger partial charge in [0.2, 0.25) is 5.91 Å². The van der Waals surface area contributed by atoms with Gasteiger partial charge in [-0.3, -0.25) is 9.59 Å². The quantitative estimate of drug-likeness (QED) is 0.863. The number of rotatable bonds is 4. The average molecular weight is 356 g/mol. The third-order valence-corrected chi connectivity index (χ3v) is 3.91. The number of nitrogens with two attached hydrogens (primary N) is 1. The molecule has 1 aromatic carbocycles. The van der Waals surface area contributed by atoms with Crippen molar-refractivity contribution < 1.29 is 14.3 Å². The number of nitrogens with one attached hydrogen (secondary N) is 1. The lowest BCUT2D eigenvalue weighted by atomic mass is 10.1. The van der Waals surface area contributed by atoms with Gasteiger partial charge >= 0.3 is 0 Å². The largest absolute Gasteiger partial charge is 0.372 e. The van der Waals surface area contributed by atoms with Crippen LogP contribution >= 0.6 is 12.4 Å². The average Bonchev–Trinajstić information content (AvgIpc) is 2.53. The van der Waals surface area contributed by atoms with Crippen molar-refractivity contribution in [1.29, 1.82) is 0 Å². The monoisotopic (exact) mass is 355 g/mol. The minimum absolute atomic E-state index is 0. The van der Waals surface area contributed by atoms with Crippen molar-refractivity contribution in [3.8, 4) is 0 Å². The highest BCUT2D eigenvalue weighted by Gasteiger charge is 2.26. The van der Waals surface area contributed by atoms with Crippen molar-refractivity contribution in [2.24, 2.45) is 11.7 Å². The fourth-order valence-electron chi connectivity index (χ4n) is 2.59. The Kier molecular flexibility index (Phi) is 7.66. The zero-order valence-corrected chi connectivity index (χ0v) is 15.1. The number of benzene rings is 1. The molecule has 2 rings (SSSR count). The second-order valence-corrected chi connectivity index (χ2v) is 6.17. The number of amides is 2. The SMILES string of the molecule is CC1CN(C(=O)c2ccc(NC(=O)C(C)CN)cc2)CC(C)O1.Cl. The molecule has 3 N–H and O–H groups in total. The van der Waals surface area contributed by atoms with Gasteiger partial charge in [0, 0.05) is 36.8 Å². The van der Waals surface area contributed by atoms with Crippen molar-refractivity contribution >= 4 is 29.9 Å². The maximum atomic E-state index is 12.5.